The summed E-state index contributed by atoms with van der Waals surface area (Å²) in [5.74, 6) is -0.402. The molecule has 4 rings (SSSR count). The normalized spacial score (nSPS) is 17.2. The lowest BCUT2D eigenvalue weighted by atomic mass is 10.1. The lowest BCUT2D eigenvalue weighted by molar-refractivity contribution is 0.0693. The van der Waals surface area contributed by atoms with Crippen LogP contribution in [0.1, 0.15) is 35.0 Å². The van der Waals surface area contributed by atoms with Crippen LogP contribution >= 0.6 is 0 Å². The maximum Gasteiger partial charge on any atom is 0.292 e. The van der Waals surface area contributed by atoms with Crippen molar-refractivity contribution in [2.45, 2.75) is 18.9 Å². The third kappa shape index (κ3) is 2.93. The van der Waals surface area contributed by atoms with Gasteiger partial charge in [-0.3, -0.25) is 9.48 Å². The number of halogens is 1. The zero-order chi connectivity index (χ0) is 17.4. The maximum absolute atomic E-state index is 13.4. The Balaban J connectivity index is 1.58. The molecule has 128 valence electrons. The number of aromatic nitrogens is 3. The molecule has 25 heavy (non-hydrogen) atoms. The van der Waals surface area contributed by atoms with Gasteiger partial charge in [-0.05, 0) is 25.0 Å². The monoisotopic (exact) mass is 340 g/mol. The zero-order valence-corrected chi connectivity index (χ0v) is 13.7. The quantitative estimate of drug-likeness (QED) is 0.734. The predicted octanol–water partition coefficient (Wildman–Crippen LogP) is 3.19. The summed E-state index contributed by atoms with van der Waals surface area (Å²) < 4.78 is 20.3. The number of hydrogen-bond donors (Lipinski definition) is 0. The Morgan fingerprint density at radius 1 is 1.36 bits per heavy atom. The van der Waals surface area contributed by atoms with Crippen LogP contribution < -0.4 is 0 Å². The van der Waals surface area contributed by atoms with E-state index in [1.54, 1.807) is 34.0 Å². The Bertz CT molecular complexity index is 917. The highest BCUT2D eigenvalue weighted by Crippen LogP contribution is 2.33. The SMILES string of the molecule is Cn1cc(C2CCCN2C(=O)c2cc(-c3cccc(F)c3)no2)cn1. The van der Waals surface area contributed by atoms with E-state index in [1.165, 1.54) is 12.1 Å². The number of benzene rings is 1. The molecule has 1 aliphatic rings. The summed E-state index contributed by atoms with van der Waals surface area (Å²) in [6, 6.07) is 7.60. The van der Waals surface area contributed by atoms with E-state index in [4.69, 9.17) is 4.52 Å². The van der Waals surface area contributed by atoms with Crippen molar-refractivity contribution in [3.05, 3.63) is 59.9 Å². The molecular formula is C18H17FN4O2. The molecule has 1 aliphatic heterocycles. The molecule has 0 aliphatic carbocycles. The van der Waals surface area contributed by atoms with E-state index in [-0.39, 0.29) is 23.5 Å². The van der Waals surface area contributed by atoms with E-state index < -0.39 is 0 Å². The third-order valence-corrected chi connectivity index (χ3v) is 4.46. The van der Waals surface area contributed by atoms with Gasteiger partial charge in [0.15, 0.2) is 0 Å². The van der Waals surface area contributed by atoms with E-state index in [0.29, 0.717) is 17.8 Å². The van der Waals surface area contributed by atoms with Crippen LogP contribution in [-0.2, 0) is 7.05 Å². The summed E-state index contributed by atoms with van der Waals surface area (Å²) in [7, 11) is 1.85. The molecule has 1 aromatic carbocycles. The number of aryl methyl sites for hydroxylation is 1. The highest BCUT2D eigenvalue weighted by atomic mass is 19.1. The van der Waals surface area contributed by atoms with Gasteiger partial charge < -0.3 is 9.42 Å². The molecule has 1 fully saturated rings. The minimum atomic E-state index is -0.357. The molecule has 0 N–H and O–H groups in total. The topological polar surface area (TPSA) is 64.2 Å². The molecule has 3 aromatic rings. The van der Waals surface area contributed by atoms with Gasteiger partial charge in [-0.25, -0.2) is 4.39 Å². The number of amides is 1. The van der Waals surface area contributed by atoms with Gasteiger partial charge in [-0.15, -0.1) is 0 Å². The van der Waals surface area contributed by atoms with Crippen molar-refractivity contribution in [3.63, 3.8) is 0 Å². The maximum atomic E-state index is 13.4. The standard InChI is InChI=1S/C18H17FN4O2/c1-22-11-13(10-20-22)16-6-3-7-23(16)18(24)17-9-15(21-25-17)12-4-2-5-14(19)8-12/h2,4-5,8-11,16H,3,6-7H2,1H3. The fourth-order valence-corrected chi connectivity index (χ4v) is 3.27. The fourth-order valence-electron chi connectivity index (χ4n) is 3.27. The summed E-state index contributed by atoms with van der Waals surface area (Å²) in [6.07, 6.45) is 5.53. The molecule has 6 nitrogen and oxygen atoms in total. The molecule has 1 unspecified atom stereocenters. The highest BCUT2D eigenvalue weighted by Gasteiger charge is 2.33. The van der Waals surface area contributed by atoms with E-state index in [1.807, 2.05) is 13.2 Å². The number of carbonyl (C=O) groups is 1. The Hall–Kier alpha value is -2.96. The largest absolute Gasteiger partial charge is 0.350 e. The van der Waals surface area contributed by atoms with E-state index in [2.05, 4.69) is 10.3 Å². The number of rotatable bonds is 3. The highest BCUT2D eigenvalue weighted by molar-refractivity contribution is 5.93. The van der Waals surface area contributed by atoms with Crippen molar-refractivity contribution in [2.75, 3.05) is 6.54 Å². The second-order valence-corrected chi connectivity index (χ2v) is 6.19. The van der Waals surface area contributed by atoms with Crippen molar-refractivity contribution in [3.8, 4) is 11.3 Å². The molecule has 1 saturated heterocycles. The molecule has 0 radical (unpaired) electrons. The summed E-state index contributed by atoms with van der Waals surface area (Å²) in [5.41, 5.74) is 2.03. The molecule has 0 bridgehead atoms. The van der Waals surface area contributed by atoms with Gasteiger partial charge in [0.2, 0.25) is 5.76 Å². The average Bonchev–Trinajstić information content (AvgIpc) is 3.34. The zero-order valence-electron chi connectivity index (χ0n) is 13.7. The predicted molar refractivity (Wildman–Crippen MR) is 88.1 cm³/mol. The number of hydrogen-bond acceptors (Lipinski definition) is 4. The van der Waals surface area contributed by atoms with Gasteiger partial charge >= 0.3 is 0 Å². The van der Waals surface area contributed by atoms with Crippen LogP contribution in [0.15, 0.2) is 47.2 Å². The Morgan fingerprint density at radius 3 is 3.00 bits per heavy atom. The first-order valence-corrected chi connectivity index (χ1v) is 8.14. The first-order valence-electron chi connectivity index (χ1n) is 8.14. The Kier molecular flexibility index (Phi) is 3.83. The molecule has 0 spiro atoms. The van der Waals surface area contributed by atoms with E-state index >= 15 is 0 Å². The van der Waals surface area contributed by atoms with Crippen LogP contribution in [0, 0.1) is 5.82 Å². The number of nitrogens with zero attached hydrogens (tertiary/aromatic N) is 4. The van der Waals surface area contributed by atoms with Crippen LogP contribution in [0.2, 0.25) is 0 Å². The average molecular weight is 340 g/mol. The molecule has 2 aromatic heterocycles. The second kappa shape index (κ2) is 6.16. The molecule has 1 amide bonds. The van der Waals surface area contributed by atoms with Gasteiger partial charge in [-0.1, -0.05) is 17.3 Å². The summed E-state index contributed by atoms with van der Waals surface area (Å²) in [6.45, 7) is 0.661. The number of carbonyl (C=O) groups excluding carboxylic acids is 1. The molecular weight excluding hydrogens is 323 g/mol. The summed E-state index contributed by atoms with van der Waals surface area (Å²) in [4.78, 5) is 14.6. The molecule has 0 saturated carbocycles. The van der Waals surface area contributed by atoms with Crippen molar-refractivity contribution in [2.24, 2.45) is 7.05 Å². The van der Waals surface area contributed by atoms with Gasteiger partial charge in [-0.2, -0.15) is 5.10 Å². The third-order valence-electron chi connectivity index (χ3n) is 4.46. The van der Waals surface area contributed by atoms with Crippen LogP contribution in [-0.4, -0.2) is 32.3 Å². The Labute approximate surface area is 143 Å². The first kappa shape index (κ1) is 15.6. The lowest BCUT2D eigenvalue weighted by Crippen LogP contribution is -2.30. The molecule has 3 heterocycles. The molecule has 1 atom stereocenters. The minimum Gasteiger partial charge on any atom is -0.350 e. The van der Waals surface area contributed by atoms with Gasteiger partial charge in [0.05, 0.1) is 12.2 Å². The summed E-state index contributed by atoms with van der Waals surface area (Å²) in [5, 5.41) is 8.10. The molecule has 7 heteroatoms. The smallest absolute Gasteiger partial charge is 0.292 e. The summed E-state index contributed by atoms with van der Waals surface area (Å²) >= 11 is 0. The van der Waals surface area contributed by atoms with Gasteiger partial charge in [0.1, 0.15) is 11.5 Å². The van der Waals surface area contributed by atoms with Crippen LogP contribution in [0.25, 0.3) is 11.3 Å². The van der Waals surface area contributed by atoms with Crippen LogP contribution in [0.5, 0.6) is 0 Å². The second-order valence-electron chi connectivity index (χ2n) is 6.19. The van der Waals surface area contributed by atoms with Crippen molar-refractivity contribution >= 4 is 5.91 Å². The Morgan fingerprint density at radius 2 is 2.24 bits per heavy atom. The van der Waals surface area contributed by atoms with Crippen LogP contribution in [0.4, 0.5) is 4.39 Å². The van der Waals surface area contributed by atoms with Gasteiger partial charge in [0, 0.05) is 37.0 Å². The van der Waals surface area contributed by atoms with E-state index in [0.717, 1.165) is 18.4 Å². The van der Waals surface area contributed by atoms with Crippen LogP contribution in [0.3, 0.4) is 0 Å². The number of likely N-dealkylation sites (tertiary alicyclic amines) is 1. The first-order chi connectivity index (χ1) is 12.1. The lowest BCUT2D eigenvalue weighted by Gasteiger charge is -2.22. The van der Waals surface area contributed by atoms with Gasteiger partial charge in [0.25, 0.3) is 5.91 Å². The minimum absolute atomic E-state index is 0.0103. The van der Waals surface area contributed by atoms with E-state index in [9.17, 15) is 9.18 Å². The fraction of sp³-hybridized carbons (Fsp3) is 0.278. The van der Waals surface area contributed by atoms with Crippen molar-refractivity contribution in [1.82, 2.24) is 19.8 Å². The van der Waals surface area contributed by atoms with Crippen molar-refractivity contribution in [1.29, 1.82) is 0 Å². The van der Waals surface area contributed by atoms with Crippen molar-refractivity contribution < 1.29 is 13.7 Å².